The van der Waals surface area contributed by atoms with Gasteiger partial charge in [0.25, 0.3) is 0 Å². The summed E-state index contributed by atoms with van der Waals surface area (Å²) in [5.74, 6) is 0.739. The van der Waals surface area contributed by atoms with Gasteiger partial charge in [-0.1, -0.05) is 38.5 Å². The van der Waals surface area contributed by atoms with Crippen LogP contribution in [0.4, 0.5) is 0 Å². The molecule has 3 heteroatoms. The van der Waals surface area contributed by atoms with E-state index in [1.165, 1.54) is 70.6 Å². The molecule has 3 nitrogen and oxygen atoms in total. The summed E-state index contributed by atoms with van der Waals surface area (Å²) in [6, 6.07) is 1.10. The van der Waals surface area contributed by atoms with Gasteiger partial charge in [0.05, 0.1) is 5.92 Å². The molecule has 3 aliphatic rings. The number of hydrogen-bond donors (Lipinski definition) is 1. The second-order valence-electron chi connectivity index (χ2n) is 7.37. The maximum absolute atomic E-state index is 13.2. The van der Waals surface area contributed by atoms with Crippen molar-refractivity contribution in [2.75, 3.05) is 13.1 Å². The molecule has 1 saturated heterocycles. The van der Waals surface area contributed by atoms with Crippen LogP contribution < -0.4 is 5.32 Å². The first kappa shape index (κ1) is 15.3. The number of hydrogen-bond acceptors (Lipinski definition) is 2. The number of carbonyl (C=O) groups excluding carboxylic acids is 1. The van der Waals surface area contributed by atoms with Crippen molar-refractivity contribution in [2.24, 2.45) is 5.92 Å². The van der Waals surface area contributed by atoms with Gasteiger partial charge in [-0.2, -0.15) is 0 Å². The Morgan fingerprint density at radius 1 is 0.762 bits per heavy atom. The standard InChI is InChI=1S/C18H32N2O/c21-18(15-8-7-13-19-14-15)20(16-9-3-1-4-10-16)17-11-5-2-6-12-17/h15-17,19H,1-14H2. The van der Waals surface area contributed by atoms with Crippen molar-refractivity contribution in [3.05, 3.63) is 0 Å². The van der Waals surface area contributed by atoms with Gasteiger partial charge in [0.2, 0.25) is 5.91 Å². The monoisotopic (exact) mass is 292 g/mol. The first-order valence-corrected chi connectivity index (χ1v) is 9.39. The molecule has 1 atom stereocenters. The molecule has 2 saturated carbocycles. The Hall–Kier alpha value is -0.570. The fraction of sp³-hybridized carbons (Fsp3) is 0.944. The van der Waals surface area contributed by atoms with E-state index < -0.39 is 0 Å². The lowest BCUT2D eigenvalue weighted by Crippen LogP contribution is -2.53. The van der Waals surface area contributed by atoms with Crippen LogP contribution in [0.2, 0.25) is 0 Å². The molecule has 1 heterocycles. The first-order valence-electron chi connectivity index (χ1n) is 9.39. The zero-order chi connectivity index (χ0) is 14.5. The van der Waals surface area contributed by atoms with E-state index in [-0.39, 0.29) is 5.92 Å². The summed E-state index contributed by atoms with van der Waals surface area (Å²) in [6.07, 6.45) is 15.3. The van der Waals surface area contributed by atoms with Gasteiger partial charge in [0, 0.05) is 18.6 Å². The van der Waals surface area contributed by atoms with E-state index in [4.69, 9.17) is 0 Å². The van der Waals surface area contributed by atoms with E-state index in [0.29, 0.717) is 18.0 Å². The van der Waals surface area contributed by atoms with Crippen LogP contribution in [-0.4, -0.2) is 36.0 Å². The van der Waals surface area contributed by atoms with Gasteiger partial charge in [-0.3, -0.25) is 4.79 Å². The van der Waals surface area contributed by atoms with Crippen molar-refractivity contribution in [3.8, 4) is 0 Å². The Morgan fingerprint density at radius 2 is 1.33 bits per heavy atom. The van der Waals surface area contributed by atoms with Crippen molar-refractivity contribution in [2.45, 2.75) is 89.1 Å². The third-order valence-corrected chi connectivity index (χ3v) is 5.84. The Balaban J connectivity index is 1.71. The maximum atomic E-state index is 13.2. The van der Waals surface area contributed by atoms with Gasteiger partial charge < -0.3 is 10.2 Å². The number of nitrogens with zero attached hydrogens (tertiary/aromatic N) is 1. The summed E-state index contributed by atoms with van der Waals surface area (Å²) in [4.78, 5) is 15.6. The van der Waals surface area contributed by atoms with Crippen LogP contribution in [0.3, 0.4) is 0 Å². The van der Waals surface area contributed by atoms with Gasteiger partial charge >= 0.3 is 0 Å². The van der Waals surface area contributed by atoms with E-state index in [2.05, 4.69) is 10.2 Å². The molecule has 1 N–H and O–H groups in total. The fourth-order valence-electron chi connectivity index (χ4n) is 4.65. The topological polar surface area (TPSA) is 32.3 Å². The zero-order valence-electron chi connectivity index (χ0n) is 13.5. The van der Waals surface area contributed by atoms with Gasteiger partial charge in [0.1, 0.15) is 0 Å². The maximum Gasteiger partial charge on any atom is 0.227 e. The summed E-state index contributed by atoms with van der Waals surface area (Å²) < 4.78 is 0. The minimum Gasteiger partial charge on any atom is -0.336 e. The Labute approximate surface area is 129 Å². The molecule has 3 fully saturated rings. The van der Waals surface area contributed by atoms with Crippen molar-refractivity contribution in [1.29, 1.82) is 0 Å². The molecule has 0 aromatic rings. The lowest BCUT2D eigenvalue weighted by molar-refractivity contribution is -0.143. The number of piperidine rings is 1. The van der Waals surface area contributed by atoms with E-state index >= 15 is 0 Å². The van der Waals surface area contributed by atoms with E-state index in [1.54, 1.807) is 0 Å². The number of carbonyl (C=O) groups is 1. The third-order valence-electron chi connectivity index (χ3n) is 5.84. The van der Waals surface area contributed by atoms with Gasteiger partial charge in [-0.15, -0.1) is 0 Å². The molecule has 2 aliphatic carbocycles. The molecule has 1 unspecified atom stereocenters. The first-order chi connectivity index (χ1) is 10.4. The zero-order valence-corrected chi connectivity index (χ0v) is 13.5. The highest BCUT2D eigenvalue weighted by Crippen LogP contribution is 2.32. The minimum atomic E-state index is 0.252. The van der Waals surface area contributed by atoms with Crippen molar-refractivity contribution >= 4 is 5.91 Å². The molecule has 1 amide bonds. The van der Waals surface area contributed by atoms with Gasteiger partial charge in [-0.05, 0) is 45.1 Å². The molecule has 3 rings (SSSR count). The molecule has 0 aromatic heterocycles. The van der Waals surface area contributed by atoms with Crippen molar-refractivity contribution in [1.82, 2.24) is 10.2 Å². The van der Waals surface area contributed by atoms with Crippen molar-refractivity contribution in [3.63, 3.8) is 0 Å². The van der Waals surface area contributed by atoms with Crippen molar-refractivity contribution < 1.29 is 4.79 Å². The van der Waals surface area contributed by atoms with Crippen LogP contribution in [0.5, 0.6) is 0 Å². The number of nitrogens with one attached hydrogen (secondary N) is 1. The van der Waals surface area contributed by atoms with Crippen LogP contribution >= 0.6 is 0 Å². The summed E-state index contributed by atoms with van der Waals surface area (Å²) >= 11 is 0. The molecular weight excluding hydrogens is 260 g/mol. The minimum absolute atomic E-state index is 0.252. The smallest absolute Gasteiger partial charge is 0.227 e. The Morgan fingerprint density at radius 3 is 1.81 bits per heavy atom. The van der Waals surface area contributed by atoms with Gasteiger partial charge in [0.15, 0.2) is 0 Å². The van der Waals surface area contributed by atoms with Crippen LogP contribution in [0.1, 0.15) is 77.0 Å². The van der Waals surface area contributed by atoms with Crippen LogP contribution in [0, 0.1) is 5.92 Å². The average molecular weight is 292 g/mol. The second-order valence-corrected chi connectivity index (χ2v) is 7.37. The molecule has 120 valence electrons. The largest absolute Gasteiger partial charge is 0.336 e. The third kappa shape index (κ3) is 3.80. The van der Waals surface area contributed by atoms with Gasteiger partial charge in [-0.25, -0.2) is 0 Å². The van der Waals surface area contributed by atoms with Crippen LogP contribution in [0.15, 0.2) is 0 Å². The lowest BCUT2D eigenvalue weighted by atomic mass is 9.86. The average Bonchev–Trinajstić information content (AvgIpc) is 2.58. The molecule has 0 bridgehead atoms. The Kier molecular flexibility index (Phi) is 5.56. The molecule has 1 aliphatic heterocycles. The summed E-state index contributed by atoms with van der Waals surface area (Å²) in [5.41, 5.74) is 0. The SMILES string of the molecule is O=C(C1CCCNC1)N(C1CCCCC1)C1CCCCC1. The summed E-state index contributed by atoms with van der Waals surface area (Å²) in [5, 5.41) is 3.43. The molecule has 0 spiro atoms. The summed E-state index contributed by atoms with van der Waals surface area (Å²) in [6.45, 7) is 2.01. The summed E-state index contributed by atoms with van der Waals surface area (Å²) in [7, 11) is 0. The predicted octanol–water partition coefficient (Wildman–Crippen LogP) is 3.48. The fourth-order valence-corrected chi connectivity index (χ4v) is 4.65. The van der Waals surface area contributed by atoms with E-state index in [0.717, 1.165) is 19.5 Å². The molecular formula is C18H32N2O. The predicted molar refractivity (Wildman–Crippen MR) is 86.2 cm³/mol. The highest BCUT2D eigenvalue weighted by molar-refractivity contribution is 5.80. The second kappa shape index (κ2) is 7.62. The van der Waals surface area contributed by atoms with Crippen LogP contribution in [0.25, 0.3) is 0 Å². The van der Waals surface area contributed by atoms with Crippen LogP contribution in [-0.2, 0) is 4.79 Å². The normalized spacial score (nSPS) is 29.2. The highest BCUT2D eigenvalue weighted by atomic mass is 16.2. The number of amides is 1. The quantitative estimate of drug-likeness (QED) is 0.863. The molecule has 0 radical (unpaired) electrons. The molecule has 21 heavy (non-hydrogen) atoms. The van der Waals surface area contributed by atoms with E-state index in [1.807, 2.05) is 0 Å². The Bertz CT molecular complexity index is 308. The number of rotatable bonds is 3. The molecule has 0 aromatic carbocycles. The van der Waals surface area contributed by atoms with E-state index in [9.17, 15) is 4.79 Å². The lowest BCUT2D eigenvalue weighted by Gasteiger charge is -2.44. The highest BCUT2D eigenvalue weighted by Gasteiger charge is 2.36.